The number of aromatic nitrogens is 1. The van der Waals surface area contributed by atoms with Crippen LogP contribution in [-0.2, 0) is 13.0 Å². The highest BCUT2D eigenvalue weighted by Gasteiger charge is 2.09. The van der Waals surface area contributed by atoms with E-state index in [0.717, 1.165) is 0 Å². The number of hydrogen-bond acceptors (Lipinski definition) is 3. The molecule has 3 rings (SSSR count). The van der Waals surface area contributed by atoms with Gasteiger partial charge in [-0.2, -0.15) is 0 Å². The molecule has 138 valence electrons. The van der Waals surface area contributed by atoms with Crippen molar-refractivity contribution in [1.29, 1.82) is 0 Å². The number of rotatable bonds is 7. The number of carbonyl (C=O) groups excluding carboxylic acids is 1. The molecule has 0 saturated carbocycles. The van der Waals surface area contributed by atoms with Crippen LogP contribution in [0.25, 0.3) is 0 Å². The third-order valence-electron chi connectivity index (χ3n) is 4.07. The molecule has 1 heterocycles. The molecule has 1 aromatic heterocycles. The number of nitrogens with zero attached hydrogens (tertiary/aromatic N) is 1. The number of hydrogen-bond donors (Lipinski definition) is 2. The third kappa shape index (κ3) is 5.10. The fraction of sp³-hybridized carbons (Fsp3) is 0.143. The summed E-state index contributed by atoms with van der Waals surface area (Å²) >= 11 is 0. The Labute approximate surface area is 156 Å². The fourth-order valence-electron chi connectivity index (χ4n) is 2.62. The molecule has 3 aromatic rings. The van der Waals surface area contributed by atoms with Gasteiger partial charge in [0.25, 0.3) is 5.91 Å². The second kappa shape index (κ2) is 8.89. The van der Waals surface area contributed by atoms with Crippen LogP contribution >= 0.6 is 0 Å². The molecule has 0 unspecified atom stereocenters. The first-order valence-corrected chi connectivity index (χ1v) is 8.58. The van der Waals surface area contributed by atoms with Crippen LogP contribution in [0.5, 0.6) is 0 Å². The van der Waals surface area contributed by atoms with Crippen molar-refractivity contribution >= 4 is 11.6 Å². The first-order chi connectivity index (χ1) is 13.1. The second-order valence-corrected chi connectivity index (χ2v) is 5.97. The lowest BCUT2D eigenvalue weighted by molar-refractivity contribution is 0.0945. The lowest BCUT2D eigenvalue weighted by Gasteiger charge is -2.09. The highest BCUT2D eigenvalue weighted by molar-refractivity contribution is 5.93. The zero-order valence-electron chi connectivity index (χ0n) is 14.6. The van der Waals surface area contributed by atoms with Gasteiger partial charge in [0, 0.05) is 30.5 Å². The Kier molecular flexibility index (Phi) is 6.10. The van der Waals surface area contributed by atoms with Crippen LogP contribution in [0.15, 0.2) is 66.9 Å². The van der Waals surface area contributed by atoms with Gasteiger partial charge in [0.2, 0.25) is 0 Å². The lowest BCUT2D eigenvalue weighted by atomic mass is 10.1. The van der Waals surface area contributed by atoms with Gasteiger partial charge in [0.15, 0.2) is 0 Å². The fourth-order valence-corrected chi connectivity index (χ4v) is 2.62. The zero-order valence-corrected chi connectivity index (χ0v) is 14.6. The molecular weight excluding hydrogens is 348 g/mol. The van der Waals surface area contributed by atoms with Crippen LogP contribution in [0.3, 0.4) is 0 Å². The highest BCUT2D eigenvalue weighted by atomic mass is 19.1. The molecule has 0 radical (unpaired) electrons. The molecule has 0 spiro atoms. The molecule has 0 aliphatic rings. The summed E-state index contributed by atoms with van der Waals surface area (Å²) in [5.74, 6) is -0.993. The van der Waals surface area contributed by atoms with Crippen LogP contribution in [0.2, 0.25) is 0 Å². The maximum absolute atomic E-state index is 13.6. The van der Waals surface area contributed by atoms with Crippen LogP contribution < -0.4 is 10.6 Å². The van der Waals surface area contributed by atoms with Gasteiger partial charge in [0.1, 0.15) is 17.3 Å². The van der Waals surface area contributed by atoms with E-state index in [-0.39, 0.29) is 23.9 Å². The molecule has 27 heavy (non-hydrogen) atoms. The van der Waals surface area contributed by atoms with E-state index in [1.165, 1.54) is 18.3 Å². The van der Waals surface area contributed by atoms with E-state index in [4.69, 9.17) is 0 Å². The highest BCUT2D eigenvalue weighted by Crippen LogP contribution is 2.11. The maximum Gasteiger partial charge on any atom is 0.270 e. The standard InChI is InChI=1S/C21H19F2N3O/c22-18-7-3-1-5-15(18)9-11-24-17-10-12-25-20(13-17)21(27)26-14-16-6-2-4-8-19(16)23/h1-8,10,12-13H,9,11,14H2,(H,24,25)(H,26,27). The maximum atomic E-state index is 13.6. The summed E-state index contributed by atoms with van der Waals surface area (Å²) in [4.78, 5) is 16.3. The molecular formula is C21H19F2N3O. The van der Waals surface area contributed by atoms with Gasteiger partial charge in [-0.15, -0.1) is 0 Å². The predicted octanol–water partition coefficient (Wildman–Crippen LogP) is 3.94. The Morgan fingerprint density at radius 2 is 1.59 bits per heavy atom. The van der Waals surface area contributed by atoms with E-state index in [1.807, 2.05) is 0 Å². The Morgan fingerprint density at radius 1 is 0.926 bits per heavy atom. The molecule has 4 nitrogen and oxygen atoms in total. The first kappa shape index (κ1) is 18.5. The van der Waals surface area contributed by atoms with Crippen molar-refractivity contribution < 1.29 is 13.6 Å². The Balaban J connectivity index is 1.55. The normalized spacial score (nSPS) is 10.4. The molecule has 1 amide bonds. The van der Waals surface area contributed by atoms with Crippen molar-refractivity contribution in [3.63, 3.8) is 0 Å². The summed E-state index contributed by atoms with van der Waals surface area (Å²) in [6.07, 6.45) is 2.03. The average Bonchev–Trinajstić information content (AvgIpc) is 2.69. The minimum Gasteiger partial charge on any atom is -0.385 e. The van der Waals surface area contributed by atoms with Crippen molar-refractivity contribution in [3.05, 3.63) is 95.3 Å². The topological polar surface area (TPSA) is 54.0 Å². The van der Waals surface area contributed by atoms with Gasteiger partial charge in [-0.25, -0.2) is 8.78 Å². The summed E-state index contributed by atoms with van der Waals surface area (Å²) in [6, 6.07) is 16.2. The quantitative estimate of drug-likeness (QED) is 0.665. The number of benzene rings is 2. The van der Waals surface area contributed by atoms with Gasteiger partial charge >= 0.3 is 0 Å². The third-order valence-corrected chi connectivity index (χ3v) is 4.07. The molecule has 0 saturated heterocycles. The second-order valence-electron chi connectivity index (χ2n) is 5.97. The zero-order chi connectivity index (χ0) is 19.1. The lowest BCUT2D eigenvalue weighted by Crippen LogP contribution is -2.24. The van der Waals surface area contributed by atoms with Gasteiger partial charge in [-0.3, -0.25) is 9.78 Å². The van der Waals surface area contributed by atoms with Crippen LogP contribution in [0.4, 0.5) is 14.5 Å². The molecule has 6 heteroatoms. The Morgan fingerprint density at radius 3 is 2.30 bits per heavy atom. The molecule has 2 aromatic carbocycles. The average molecular weight is 367 g/mol. The monoisotopic (exact) mass is 367 g/mol. The summed E-state index contributed by atoms with van der Waals surface area (Å²) < 4.78 is 27.2. The van der Waals surface area contributed by atoms with Crippen LogP contribution in [0.1, 0.15) is 21.6 Å². The molecule has 0 aliphatic heterocycles. The van der Waals surface area contributed by atoms with E-state index in [2.05, 4.69) is 15.6 Å². The molecule has 0 fully saturated rings. The van der Waals surface area contributed by atoms with Crippen molar-refractivity contribution in [2.45, 2.75) is 13.0 Å². The van der Waals surface area contributed by atoms with Gasteiger partial charge in [0.05, 0.1) is 0 Å². The molecule has 0 bridgehead atoms. The largest absolute Gasteiger partial charge is 0.385 e. The number of halogens is 2. The van der Waals surface area contributed by atoms with E-state index in [1.54, 1.807) is 48.5 Å². The summed E-state index contributed by atoms with van der Waals surface area (Å²) in [5.41, 5.74) is 1.96. The Bertz CT molecular complexity index is 931. The first-order valence-electron chi connectivity index (χ1n) is 8.58. The van der Waals surface area contributed by atoms with Gasteiger partial charge in [-0.1, -0.05) is 36.4 Å². The minimum atomic E-state index is -0.393. The van der Waals surface area contributed by atoms with Crippen molar-refractivity contribution in [2.75, 3.05) is 11.9 Å². The molecule has 0 atom stereocenters. The number of amides is 1. The summed E-state index contributed by atoms with van der Waals surface area (Å²) in [6.45, 7) is 0.597. The number of anilines is 1. The number of nitrogens with one attached hydrogen (secondary N) is 2. The summed E-state index contributed by atoms with van der Waals surface area (Å²) in [7, 11) is 0. The van der Waals surface area contributed by atoms with E-state index >= 15 is 0 Å². The van der Waals surface area contributed by atoms with Gasteiger partial charge in [-0.05, 0) is 36.2 Å². The molecule has 2 N–H and O–H groups in total. The van der Waals surface area contributed by atoms with Crippen molar-refractivity contribution in [2.24, 2.45) is 0 Å². The molecule has 0 aliphatic carbocycles. The van der Waals surface area contributed by atoms with Crippen LogP contribution in [0, 0.1) is 11.6 Å². The number of pyridine rings is 1. The predicted molar refractivity (Wildman–Crippen MR) is 100 cm³/mol. The van der Waals surface area contributed by atoms with Crippen molar-refractivity contribution in [3.8, 4) is 0 Å². The smallest absolute Gasteiger partial charge is 0.270 e. The van der Waals surface area contributed by atoms with Crippen molar-refractivity contribution in [1.82, 2.24) is 10.3 Å². The SMILES string of the molecule is O=C(NCc1ccccc1F)c1cc(NCCc2ccccc2F)ccn1. The van der Waals surface area contributed by atoms with E-state index in [0.29, 0.717) is 29.8 Å². The minimum absolute atomic E-state index is 0.0815. The van der Waals surface area contributed by atoms with Gasteiger partial charge < -0.3 is 10.6 Å². The van der Waals surface area contributed by atoms with Crippen LogP contribution in [-0.4, -0.2) is 17.4 Å². The number of carbonyl (C=O) groups is 1. The summed E-state index contributed by atoms with van der Waals surface area (Å²) in [5, 5.41) is 5.81. The Hall–Kier alpha value is -3.28. The van der Waals surface area contributed by atoms with E-state index in [9.17, 15) is 13.6 Å². The van der Waals surface area contributed by atoms with E-state index < -0.39 is 5.91 Å².